The Hall–Kier alpha value is -1.40. The number of hydrogen-bond acceptors (Lipinski definition) is 5. The number of amides is 1. The van der Waals surface area contributed by atoms with Gasteiger partial charge in [0, 0.05) is 4.88 Å². The predicted octanol–water partition coefficient (Wildman–Crippen LogP) is 2.30. The molecule has 0 radical (unpaired) electrons. The van der Waals surface area contributed by atoms with Crippen LogP contribution >= 0.6 is 11.3 Å². The van der Waals surface area contributed by atoms with E-state index in [4.69, 9.17) is 10.5 Å². The van der Waals surface area contributed by atoms with E-state index in [1.165, 1.54) is 11.3 Å². The molecule has 1 rings (SSSR count). The molecule has 0 saturated carbocycles. The van der Waals surface area contributed by atoms with Crippen LogP contribution in [0, 0.1) is 6.92 Å². The lowest BCUT2D eigenvalue weighted by molar-refractivity contribution is -0.117. The van der Waals surface area contributed by atoms with Gasteiger partial charge in [-0.3, -0.25) is 4.79 Å². The molecule has 1 aromatic heterocycles. The van der Waals surface area contributed by atoms with Crippen LogP contribution in [0.1, 0.15) is 41.9 Å². The Labute approximate surface area is 117 Å². The first kappa shape index (κ1) is 15.7. The van der Waals surface area contributed by atoms with E-state index in [2.05, 4.69) is 5.32 Å². The minimum Gasteiger partial charge on any atom is -0.462 e. The van der Waals surface area contributed by atoms with E-state index < -0.39 is 12.0 Å². The third-order valence-corrected chi connectivity index (χ3v) is 3.49. The molecule has 1 aromatic rings. The average molecular weight is 284 g/mol. The number of rotatable bonds is 6. The summed E-state index contributed by atoms with van der Waals surface area (Å²) in [5.74, 6) is -0.694. The minimum absolute atomic E-state index is 0.269. The van der Waals surface area contributed by atoms with E-state index in [9.17, 15) is 9.59 Å². The number of esters is 1. The molecule has 1 atom stereocenters. The Morgan fingerprint density at radius 2 is 2.16 bits per heavy atom. The van der Waals surface area contributed by atoms with Crippen LogP contribution in [-0.2, 0) is 9.53 Å². The Kier molecular flexibility index (Phi) is 5.98. The van der Waals surface area contributed by atoms with Crippen molar-refractivity contribution in [3.63, 3.8) is 0 Å². The Bertz CT molecular complexity index is 457. The smallest absolute Gasteiger partial charge is 0.341 e. The van der Waals surface area contributed by atoms with Crippen molar-refractivity contribution >= 4 is 28.2 Å². The summed E-state index contributed by atoms with van der Waals surface area (Å²) < 4.78 is 4.96. The fraction of sp³-hybridized carbons (Fsp3) is 0.538. The van der Waals surface area contributed by atoms with Crippen LogP contribution in [0.2, 0.25) is 0 Å². The van der Waals surface area contributed by atoms with E-state index in [0.29, 0.717) is 23.6 Å². The summed E-state index contributed by atoms with van der Waals surface area (Å²) >= 11 is 1.34. The number of thiophene rings is 1. The highest BCUT2D eigenvalue weighted by molar-refractivity contribution is 7.16. The minimum atomic E-state index is -0.553. The monoisotopic (exact) mass is 284 g/mol. The van der Waals surface area contributed by atoms with Crippen LogP contribution in [0.4, 0.5) is 5.00 Å². The number of ether oxygens (including phenoxy) is 1. The van der Waals surface area contributed by atoms with Crippen LogP contribution < -0.4 is 11.1 Å². The molecule has 19 heavy (non-hydrogen) atoms. The number of carbonyl (C=O) groups excluding carboxylic acids is 2. The fourth-order valence-corrected chi connectivity index (χ4v) is 2.52. The molecular formula is C13H20N2O3S. The van der Waals surface area contributed by atoms with Crippen molar-refractivity contribution in [2.24, 2.45) is 5.73 Å². The molecule has 106 valence electrons. The molecule has 0 bridgehead atoms. The van der Waals surface area contributed by atoms with Crippen molar-refractivity contribution in [2.75, 3.05) is 11.9 Å². The Morgan fingerprint density at radius 1 is 1.47 bits per heavy atom. The van der Waals surface area contributed by atoms with Gasteiger partial charge in [-0.1, -0.05) is 13.3 Å². The topological polar surface area (TPSA) is 81.4 Å². The number of nitrogens with one attached hydrogen (secondary N) is 1. The largest absolute Gasteiger partial charge is 0.462 e. The van der Waals surface area contributed by atoms with Gasteiger partial charge >= 0.3 is 5.97 Å². The van der Waals surface area contributed by atoms with Crippen LogP contribution in [0.25, 0.3) is 0 Å². The lowest BCUT2D eigenvalue weighted by Crippen LogP contribution is -2.35. The number of carbonyl (C=O) groups is 2. The van der Waals surface area contributed by atoms with Crippen molar-refractivity contribution in [2.45, 2.75) is 39.7 Å². The molecular weight excluding hydrogens is 264 g/mol. The van der Waals surface area contributed by atoms with Gasteiger partial charge in [-0.05, 0) is 26.3 Å². The Morgan fingerprint density at radius 3 is 2.74 bits per heavy atom. The molecule has 1 unspecified atom stereocenters. The van der Waals surface area contributed by atoms with E-state index >= 15 is 0 Å². The summed E-state index contributed by atoms with van der Waals surface area (Å²) in [5.41, 5.74) is 6.13. The van der Waals surface area contributed by atoms with Gasteiger partial charge in [-0.15, -0.1) is 11.3 Å². The third-order valence-electron chi connectivity index (χ3n) is 2.52. The lowest BCUT2D eigenvalue weighted by atomic mass is 10.1. The van der Waals surface area contributed by atoms with E-state index in [0.717, 1.165) is 11.3 Å². The summed E-state index contributed by atoms with van der Waals surface area (Å²) in [7, 11) is 0. The summed E-state index contributed by atoms with van der Waals surface area (Å²) in [4.78, 5) is 24.6. The van der Waals surface area contributed by atoms with Crippen molar-refractivity contribution < 1.29 is 14.3 Å². The van der Waals surface area contributed by atoms with Gasteiger partial charge in [0.05, 0.1) is 18.2 Å². The predicted molar refractivity (Wildman–Crippen MR) is 76.5 cm³/mol. The first-order chi connectivity index (χ1) is 8.99. The van der Waals surface area contributed by atoms with Crippen molar-refractivity contribution in [1.82, 2.24) is 0 Å². The van der Waals surface area contributed by atoms with Gasteiger partial charge in [0.25, 0.3) is 0 Å². The number of nitrogens with two attached hydrogens (primary N) is 1. The maximum Gasteiger partial charge on any atom is 0.341 e. The highest BCUT2D eigenvalue weighted by atomic mass is 32.1. The second-order valence-corrected chi connectivity index (χ2v) is 5.46. The van der Waals surface area contributed by atoms with Crippen LogP contribution in [0.3, 0.4) is 0 Å². The maximum atomic E-state index is 11.9. The van der Waals surface area contributed by atoms with Gasteiger partial charge in [0.2, 0.25) is 5.91 Å². The van der Waals surface area contributed by atoms with Crippen LogP contribution in [-0.4, -0.2) is 24.5 Å². The first-order valence-corrected chi connectivity index (χ1v) is 7.15. The lowest BCUT2D eigenvalue weighted by Gasteiger charge is -2.11. The molecule has 0 fully saturated rings. The van der Waals surface area contributed by atoms with Gasteiger partial charge in [0.1, 0.15) is 5.00 Å². The second kappa shape index (κ2) is 7.25. The third kappa shape index (κ3) is 4.33. The zero-order valence-electron chi connectivity index (χ0n) is 11.5. The molecule has 0 saturated heterocycles. The highest BCUT2D eigenvalue weighted by Crippen LogP contribution is 2.28. The van der Waals surface area contributed by atoms with Crippen molar-refractivity contribution in [3.8, 4) is 0 Å². The first-order valence-electron chi connectivity index (χ1n) is 6.33. The normalized spacial score (nSPS) is 12.0. The molecule has 3 N–H and O–H groups in total. The summed E-state index contributed by atoms with van der Waals surface area (Å²) in [6, 6.07) is 1.16. The van der Waals surface area contributed by atoms with Gasteiger partial charge in [-0.2, -0.15) is 0 Å². The number of anilines is 1. The molecule has 1 amide bonds. The molecule has 0 aliphatic rings. The average Bonchev–Trinajstić information content (AvgIpc) is 2.71. The van der Waals surface area contributed by atoms with Gasteiger partial charge in [0.15, 0.2) is 0 Å². The van der Waals surface area contributed by atoms with Crippen molar-refractivity contribution in [1.29, 1.82) is 0 Å². The number of hydrogen-bond donors (Lipinski definition) is 2. The van der Waals surface area contributed by atoms with Crippen LogP contribution in [0.15, 0.2) is 6.07 Å². The standard InChI is InChI=1S/C13H20N2O3S/c1-4-6-10(14)11(16)15-12-9(7-8(3)19-12)13(17)18-5-2/h7,10H,4-6,14H2,1-3H3,(H,15,16). The van der Waals surface area contributed by atoms with E-state index in [1.807, 2.05) is 13.8 Å². The SMILES string of the molecule is CCCC(N)C(=O)Nc1sc(C)cc1C(=O)OCC. The molecule has 0 aliphatic heterocycles. The maximum absolute atomic E-state index is 11.9. The molecule has 0 aliphatic carbocycles. The summed E-state index contributed by atoms with van der Waals surface area (Å²) in [5, 5.41) is 3.22. The fourth-order valence-electron chi connectivity index (χ4n) is 1.61. The van der Waals surface area contributed by atoms with E-state index in [-0.39, 0.29) is 5.91 Å². The molecule has 1 heterocycles. The zero-order chi connectivity index (χ0) is 14.4. The summed E-state index contributed by atoms with van der Waals surface area (Å²) in [6.45, 7) is 5.88. The zero-order valence-corrected chi connectivity index (χ0v) is 12.3. The second-order valence-electron chi connectivity index (χ2n) is 4.20. The van der Waals surface area contributed by atoms with Gasteiger partial charge < -0.3 is 15.8 Å². The molecule has 5 nitrogen and oxygen atoms in total. The van der Waals surface area contributed by atoms with Crippen molar-refractivity contribution in [3.05, 3.63) is 16.5 Å². The number of aryl methyl sites for hydroxylation is 1. The molecule has 6 heteroatoms. The van der Waals surface area contributed by atoms with E-state index in [1.54, 1.807) is 13.0 Å². The Balaban J connectivity index is 2.83. The quantitative estimate of drug-likeness (QED) is 0.785. The van der Waals surface area contributed by atoms with Gasteiger partial charge in [-0.25, -0.2) is 4.79 Å². The summed E-state index contributed by atoms with van der Waals surface area (Å²) in [6.07, 6.45) is 1.45. The highest BCUT2D eigenvalue weighted by Gasteiger charge is 2.20. The molecule has 0 spiro atoms. The molecule has 0 aromatic carbocycles. The van der Waals surface area contributed by atoms with Crippen LogP contribution in [0.5, 0.6) is 0 Å².